The number of anilines is 1. The third-order valence-corrected chi connectivity index (χ3v) is 4.27. The molecule has 0 bridgehead atoms. The summed E-state index contributed by atoms with van der Waals surface area (Å²) in [5.41, 5.74) is 1.49. The van der Waals surface area contributed by atoms with Crippen molar-refractivity contribution in [1.29, 1.82) is 0 Å². The van der Waals surface area contributed by atoms with Crippen LogP contribution in [0.2, 0.25) is 0 Å². The number of aryl methyl sites for hydroxylation is 1. The van der Waals surface area contributed by atoms with E-state index < -0.39 is 17.7 Å². The van der Waals surface area contributed by atoms with Crippen molar-refractivity contribution in [1.82, 2.24) is 4.98 Å². The number of carbonyl (C=O) groups excluding carboxylic acids is 1. The van der Waals surface area contributed by atoms with Crippen molar-refractivity contribution in [2.75, 3.05) is 5.32 Å². The molecule has 0 spiro atoms. The molecule has 0 atom stereocenters. The van der Waals surface area contributed by atoms with E-state index in [4.69, 9.17) is 0 Å². The number of aromatic nitrogens is 1. The van der Waals surface area contributed by atoms with Gasteiger partial charge in [-0.05, 0) is 72.0 Å². The van der Waals surface area contributed by atoms with Gasteiger partial charge in [-0.2, -0.15) is 0 Å². The summed E-state index contributed by atoms with van der Waals surface area (Å²) in [6, 6.07) is 10.2. The van der Waals surface area contributed by atoms with E-state index in [2.05, 4.69) is 10.3 Å². The predicted octanol–water partition coefficient (Wildman–Crippen LogP) is 4.24. The Bertz CT molecular complexity index is 1020. The van der Waals surface area contributed by atoms with Crippen molar-refractivity contribution >= 4 is 51.1 Å². The molecule has 5 nitrogen and oxygen atoms in total. The van der Waals surface area contributed by atoms with Gasteiger partial charge in [-0.25, -0.2) is 9.18 Å². The van der Waals surface area contributed by atoms with Crippen molar-refractivity contribution in [3.63, 3.8) is 0 Å². The number of nitrogens with one attached hydrogen (secondary N) is 1. The lowest BCUT2D eigenvalue weighted by molar-refractivity contribution is 0.0698. The second-order valence-electron chi connectivity index (χ2n) is 5.42. The molecule has 2 N–H and O–H groups in total. The number of hydrogen-bond donors (Lipinski definition) is 2. The second kappa shape index (κ2) is 6.75. The van der Waals surface area contributed by atoms with Crippen LogP contribution in [0.5, 0.6) is 0 Å². The van der Waals surface area contributed by atoms with Crippen molar-refractivity contribution in [3.8, 4) is 0 Å². The SMILES string of the molecule is Cc1cc(C(=O)Nc2ccc(I)cc2C(=O)O)c2cc(F)ccc2n1. The quantitative estimate of drug-likeness (QED) is 0.586. The van der Waals surface area contributed by atoms with Crippen LogP contribution in [0.3, 0.4) is 0 Å². The molecule has 1 aromatic heterocycles. The molecule has 7 heteroatoms. The Kier molecular flexibility index (Phi) is 4.67. The molecule has 2 aromatic carbocycles. The van der Waals surface area contributed by atoms with E-state index >= 15 is 0 Å². The van der Waals surface area contributed by atoms with E-state index in [9.17, 15) is 19.1 Å². The number of nitrogens with zero attached hydrogens (tertiary/aromatic N) is 1. The highest BCUT2D eigenvalue weighted by Crippen LogP contribution is 2.23. The first-order valence-corrected chi connectivity index (χ1v) is 8.34. The third-order valence-electron chi connectivity index (χ3n) is 3.60. The van der Waals surface area contributed by atoms with Gasteiger partial charge in [0.05, 0.1) is 22.3 Å². The van der Waals surface area contributed by atoms with Crippen molar-refractivity contribution in [3.05, 3.63) is 68.7 Å². The zero-order chi connectivity index (χ0) is 18.1. The second-order valence-corrected chi connectivity index (χ2v) is 6.67. The molecule has 3 aromatic rings. The zero-order valence-electron chi connectivity index (χ0n) is 13.0. The number of hydrogen-bond acceptors (Lipinski definition) is 3. The Hall–Kier alpha value is -2.55. The lowest BCUT2D eigenvalue weighted by Gasteiger charge is -2.11. The number of carboxylic acid groups (broad SMARTS) is 1. The minimum atomic E-state index is -1.14. The summed E-state index contributed by atoms with van der Waals surface area (Å²) in [7, 11) is 0. The molecule has 25 heavy (non-hydrogen) atoms. The lowest BCUT2D eigenvalue weighted by Crippen LogP contribution is -2.16. The van der Waals surface area contributed by atoms with Gasteiger partial charge in [0.2, 0.25) is 0 Å². The topological polar surface area (TPSA) is 79.3 Å². The minimum Gasteiger partial charge on any atom is -0.478 e. The number of aromatic carboxylic acids is 1. The standard InChI is InChI=1S/C18H12FIN2O3/c1-9-6-13(12-7-10(19)2-4-15(12)21-9)17(23)22-16-5-3-11(20)8-14(16)18(24)25/h2-8H,1H3,(H,22,23)(H,24,25). The van der Waals surface area contributed by atoms with E-state index in [0.717, 1.165) is 3.57 Å². The number of pyridine rings is 1. The number of benzene rings is 2. The van der Waals surface area contributed by atoms with E-state index in [1.165, 1.54) is 30.3 Å². The van der Waals surface area contributed by atoms with Crippen LogP contribution in [-0.4, -0.2) is 22.0 Å². The molecule has 0 aliphatic heterocycles. The monoisotopic (exact) mass is 450 g/mol. The maximum atomic E-state index is 13.6. The summed E-state index contributed by atoms with van der Waals surface area (Å²) in [6.45, 7) is 1.73. The van der Waals surface area contributed by atoms with Gasteiger partial charge in [-0.3, -0.25) is 9.78 Å². The van der Waals surface area contributed by atoms with E-state index in [-0.39, 0.29) is 16.8 Å². The smallest absolute Gasteiger partial charge is 0.337 e. The first-order valence-electron chi connectivity index (χ1n) is 7.26. The molecular weight excluding hydrogens is 438 g/mol. The first kappa shape index (κ1) is 17.3. The lowest BCUT2D eigenvalue weighted by atomic mass is 10.1. The molecule has 0 radical (unpaired) electrons. The molecule has 0 aliphatic carbocycles. The molecule has 0 saturated carbocycles. The summed E-state index contributed by atoms with van der Waals surface area (Å²) in [6.07, 6.45) is 0. The normalized spacial score (nSPS) is 10.7. The van der Waals surface area contributed by atoms with Crippen LogP contribution in [-0.2, 0) is 0 Å². The number of halogens is 2. The molecule has 3 rings (SSSR count). The summed E-state index contributed by atoms with van der Waals surface area (Å²) in [5.74, 6) is -2.15. The van der Waals surface area contributed by atoms with Gasteiger partial charge in [0, 0.05) is 14.7 Å². The fraction of sp³-hybridized carbons (Fsp3) is 0.0556. The molecule has 0 fully saturated rings. The van der Waals surface area contributed by atoms with Gasteiger partial charge in [0.25, 0.3) is 5.91 Å². The van der Waals surface area contributed by atoms with Crippen LogP contribution in [0, 0.1) is 16.3 Å². The van der Waals surface area contributed by atoms with E-state index in [1.807, 2.05) is 22.6 Å². The predicted molar refractivity (Wildman–Crippen MR) is 101 cm³/mol. The van der Waals surface area contributed by atoms with E-state index in [1.54, 1.807) is 19.1 Å². The molecule has 1 heterocycles. The molecule has 126 valence electrons. The number of carboxylic acids is 1. The summed E-state index contributed by atoms with van der Waals surface area (Å²) < 4.78 is 14.3. The molecule has 0 aliphatic rings. The Morgan fingerprint density at radius 3 is 2.60 bits per heavy atom. The zero-order valence-corrected chi connectivity index (χ0v) is 15.2. The van der Waals surface area contributed by atoms with Gasteiger partial charge in [-0.1, -0.05) is 0 Å². The molecule has 0 saturated heterocycles. The first-order chi connectivity index (χ1) is 11.8. The largest absolute Gasteiger partial charge is 0.478 e. The molecule has 1 amide bonds. The number of carbonyl (C=O) groups is 2. The van der Waals surface area contributed by atoms with Crippen LogP contribution in [0.15, 0.2) is 42.5 Å². The average Bonchev–Trinajstić information content (AvgIpc) is 2.55. The van der Waals surface area contributed by atoms with Gasteiger partial charge < -0.3 is 10.4 Å². The molecular formula is C18H12FIN2O3. The van der Waals surface area contributed by atoms with Crippen LogP contribution in [0.1, 0.15) is 26.4 Å². The summed E-state index contributed by atoms with van der Waals surface area (Å²) >= 11 is 1.99. The number of rotatable bonds is 3. The number of fused-ring (bicyclic) bond motifs is 1. The van der Waals surface area contributed by atoms with Gasteiger partial charge >= 0.3 is 5.97 Å². The third kappa shape index (κ3) is 3.60. The van der Waals surface area contributed by atoms with Gasteiger partial charge in [0.15, 0.2) is 0 Å². The fourth-order valence-electron chi connectivity index (χ4n) is 2.51. The Labute approximate surface area is 156 Å². The van der Waals surface area contributed by atoms with Gasteiger partial charge in [-0.15, -0.1) is 0 Å². The van der Waals surface area contributed by atoms with Crippen LogP contribution in [0.25, 0.3) is 10.9 Å². The number of amides is 1. The Balaban J connectivity index is 2.07. The molecule has 0 unspecified atom stereocenters. The maximum Gasteiger partial charge on any atom is 0.337 e. The van der Waals surface area contributed by atoms with Crippen molar-refractivity contribution < 1.29 is 19.1 Å². The van der Waals surface area contributed by atoms with Crippen molar-refractivity contribution in [2.24, 2.45) is 0 Å². The van der Waals surface area contributed by atoms with Crippen LogP contribution >= 0.6 is 22.6 Å². The Morgan fingerprint density at radius 2 is 1.88 bits per heavy atom. The van der Waals surface area contributed by atoms with Crippen LogP contribution in [0.4, 0.5) is 10.1 Å². The van der Waals surface area contributed by atoms with Gasteiger partial charge in [0.1, 0.15) is 5.82 Å². The van der Waals surface area contributed by atoms with E-state index in [0.29, 0.717) is 16.6 Å². The van der Waals surface area contributed by atoms with Crippen LogP contribution < -0.4 is 5.32 Å². The maximum absolute atomic E-state index is 13.6. The summed E-state index contributed by atoms with van der Waals surface area (Å²) in [4.78, 5) is 28.4. The fourth-order valence-corrected chi connectivity index (χ4v) is 3.00. The van der Waals surface area contributed by atoms with Crippen molar-refractivity contribution in [2.45, 2.75) is 6.92 Å². The average molecular weight is 450 g/mol. The Morgan fingerprint density at radius 1 is 1.12 bits per heavy atom. The minimum absolute atomic E-state index is 0.0125. The highest BCUT2D eigenvalue weighted by atomic mass is 127. The highest BCUT2D eigenvalue weighted by Gasteiger charge is 2.17. The highest BCUT2D eigenvalue weighted by molar-refractivity contribution is 14.1. The summed E-state index contributed by atoms with van der Waals surface area (Å²) in [5, 5.41) is 12.3.